The predicted molar refractivity (Wildman–Crippen MR) is 76.4 cm³/mol. The summed E-state index contributed by atoms with van der Waals surface area (Å²) in [6.07, 6.45) is 4.98. The molecule has 90 valence electrons. The second kappa shape index (κ2) is 8.13. The van der Waals surface area contributed by atoms with E-state index in [-0.39, 0.29) is 0 Å². The highest BCUT2D eigenvalue weighted by Gasteiger charge is 2.01. The summed E-state index contributed by atoms with van der Waals surface area (Å²) >= 11 is 6.97. The van der Waals surface area contributed by atoms with E-state index in [2.05, 4.69) is 44.8 Å². The standard InChI is InChI=1S/C13H18Br2O/c1-2-3-4-5-8-16-12-6-7-13(15)11(9-12)10-14/h6-7,9H,2-5,8,10H2,1H3. The number of unbranched alkanes of at least 4 members (excludes halogenated alkanes) is 3. The van der Waals surface area contributed by atoms with Gasteiger partial charge in [-0.15, -0.1) is 0 Å². The van der Waals surface area contributed by atoms with Crippen LogP contribution in [0, 0.1) is 0 Å². The molecule has 1 nitrogen and oxygen atoms in total. The van der Waals surface area contributed by atoms with Gasteiger partial charge in [0.25, 0.3) is 0 Å². The number of alkyl halides is 1. The lowest BCUT2D eigenvalue weighted by Crippen LogP contribution is -1.97. The highest BCUT2D eigenvalue weighted by molar-refractivity contribution is 9.10. The number of hydrogen-bond acceptors (Lipinski definition) is 1. The maximum absolute atomic E-state index is 5.71. The van der Waals surface area contributed by atoms with Gasteiger partial charge in [-0.1, -0.05) is 58.0 Å². The van der Waals surface area contributed by atoms with E-state index in [4.69, 9.17) is 4.74 Å². The number of ether oxygens (including phenoxy) is 1. The van der Waals surface area contributed by atoms with Gasteiger partial charge >= 0.3 is 0 Å². The molecule has 0 saturated heterocycles. The van der Waals surface area contributed by atoms with E-state index in [0.29, 0.717) is 0 Å². The fourth-order valence-corrected chi connectivity index (χ4v) is 2.69. The lowest BCUT2D eigenvalue weighted by molar-refractivity contribution is 0.305. The summed E-state index contributed by atoms with van der Waals surface area (Å²) < 4.78 is 6.84. The molecule has 1 aromatic carbocycles. The van der Waals surface area contributed by atoms with Crippen LogP contribution >= 0.6 is 31.9 Å². The number of rotatable bonds is 7. The first-order chi connectivity index (χ1) is 7.77. The molecule has 3 heteroatoms. The van der Waals surface area contributed by atoms with Crippen LogP contribution in [0.25, 0.3) is 0 Å². The molecule has 0 radical (unpaired) electrons. The zero-order valence-corrected chi connectivity index (χ0v) is 12.8. The van der Waals surface area contributed by atoms with Crippen LogP contribution in [0.5, 0.6) is 5.75 Å². The van der Waals surface area contributed by atoms with Gasteiger partial charge in [0, 0.05) is 9.80 Å². The monoisotopic (exact) mass is 348 g/mol. The lowest BCUT2D eigenvalue weighted by Gasteiger charge is -2.08. The van der Waals surface area contributed by atoms with E-state index in [0.717, 1.165) is 28.6 Å². The van der Waals surface area contributed by atoms with E-state index >= 15 is 0 Å². The molecule has 1 rings (SSSR count). The van der Waals surface area contributed by atoms with E-state index in [1.807, 2.05) is 12.1 Å². The van der Waals surface area contributed by atoms with E-state index in [9.17, 15) is 0 Å². The van der Waals surface area contributed by atoms with Crippen molar-refractivity contribution in [1.29, 1.82) is 0 Å². The zero-order valence-electron chi connectivity index (χ0n) is 9.64. The van der Waals surface area contributed by atoms with Crippen LogP contribution in [0.1, 0.15) is 38.2 Å². The minimum atomic E-state index is 0.823. The molecule has 0 aliphatic carbocycles. The zero-order chi connectivity index (χ0) is 11.8. The van der Waals surface area contributed by atoms with Crippen molar-refractivity contribution in [3.8, 4) is 5.75 Å². The van der Waals surface area contributed by atoms with Crippen LogP contribution in [0.15, 0.2) is 22.7 Å². The molecule has 16 heavy (non-hydrogen) atoms. The summed E-state index contributed by atoms with van der Waals surface area (Å²) in [6.45, 7) is 3.04. The fourth-order valence-electron chi connectivity index (χ4n) is 1.46. The van der Waals surface area contributed by atoms with Crippen molar-refractivity contribution in [1.82, 2.24) is 0 Å². The third-order valence-electron chi connectivity index (χ3n) is 2.43. The lowest BCUT2D eigenvalue weighted by atomic mass is 10.2. The Bertz CT molecular complexity index is 313. The predicted octanol–water partition coefficient (Wildman–Crippen LogP) is 5.30. The second-order valence-corrected chi connectivity index (χ2v) is 5.21. The number of benzene rings is 1. The number of hydrogen-bond donors (Lipinski definition) is 0. The van der Waals surface area contributed by atoms with Gasteiger partial charge in [-0.05, 0) is 30.2 Å². The SMILES string of the molecule is CCCCCCOc1ccc(Br)c(CBr)c1. The molecule has 0 aromatic heterocycles. The fraction of sp³-hybridized carbons (Fsp3) is 0.538. The van der Waals surface area contributed by atoms with Gasteiger partial charge in [-0.3, -0.25) is 0 Å². The topological polar surface area (TPSA) is 9.23 Å². The summed E-state index contributed by atoms with van der Waals surface area (Å²) in [6, 6.07) is 6.13. The molecule has 0 atom stereocenters. The minimum absolute atomic E-state index is 0.823. The van der Waals surface area contributed by atoms with Gasteiger partial charge in [0.1, 0.15) is 5.75 Å². The smallest absolute Gasteiger partial charge is 0.119 e. The average molecular weight is 350 g/mol. The van der Waals surface area contributed by atoms with Crippen LogP contribution in [-0.2, 0) is 5.33 Å². The third-order valence-corrected chi connectivity index (χ3v) is 3.81. The summed E-state index contributed by atoms with van der Waals surface area (Å²) in [5.41, 5.74) is 1.23. The summed E-state index contributed by atoms with van der Waals surface area (Å²) in [5.74, 6) is 0.967. The second-order valence-electron chi connectivity index (χ2n) is 3.80. The number of halogens is 2. The van der Waals surface area contributed by atoms with Crippen molar-refractivity contribution in [2.45, 2.75) is 37.9 Å². The van der Waals surface area contributed by atoms with Crippen LogP contribution in [0.3, 0.4) is 0 Å². The first-order valence-corrected chi connectivity index (χ1v) is 7.66. The molecule has 0 spiro atoms. The van der Waals surface area contributed by atoms with Gasteiger partial charge in [-0.2, -0.15) is 0 Å². The van der Waals surface area contributed by atoms with E-state index in [1.165, 1.54) is 24.8 Å². The Hall–Kier alpha value is -0.0200. The minimum Gasteiger partial charge on any atom is -0.494 e. The van der Waals surface area contributed by atoms with Gasteiger partial charge < -0.3 is 4.74 Å². The Balaban J connectivity index is 2.36. The molecule has 0 aliphatic rings. The molecule has 0 aliphatic heterocycles. The van der Waals surface area contributed by atoms with Gasteiger partial charge in [0.2, 0.25) is 0 Å². The molecular weight excluding hydrogens is 332 g/mol. The van der Waals surface area contributed by atoms with E-state index < -0.39 is 0 Å². The first kappa shape index (κ1) is 14.0. The molecular formula is C13H18Br2O. The van der Waals surface area contributed by atoms with Crippen LogP contribution in [-0.4, -0.2) is 6.61 Å². The van der Waals surface area contributed by atoms with Crippen molar-refractivity contribution in [3.63, 3.8) is 0 Å². The molecule has 0 unspecified atom stereocenters. The van der Waals surface area contributed by atoms with E-state index in [1.54, 1.807) is 0 Å². The molecule has 0 bridgehead atoms. The van der Waals surface area contributed by atoms with Crippen molar-refractivity contribution in [2.24, 2.45) is 0 Å². The van der Waals surface area contributed by atoms with Crippen LogP contribution in [0.4, 0.5) is 0 Å². The Labute approximate surface area is 115 Å². The van der Waals surface area contributed by atoms with Gasteiger partial charge in [-0.25, -0.2) is 0 Å². The highest BCUT2D eigenvalue weighted by atomic mass is 79.9. The summed E-state index contributed by atoms with van der Waals surface area (Å²) in [7, 11) is 0. The first-order valence-electron chi connectivity index (χ1n) is 5.75. The molecule has 0 heterocycles. The average Bonchev–Trinajstić information content (AvgIpc) is 2.31. The molecule has 0 fully saturated rings. The Kier molecular flexibility index (Phi) is 7.13. The third kappa shape index (κ3) is 4.88. The Morgan fingerprint density at radius 3 is 2.69 bits per heavy atom. The van der Waals surface area contributed by atoms with Crippen molar-refractivity contribution in [2.75, 3.05) is 6.61 Å². The molecule has 0 amide bonds. The van der Waals surface area contributed by atoms with Crippen molar-refractivity contribution < 1.29 is 4.74 Å². The quantitative estimate of drug-likeness (QED) is 0.479. The van der Waals surface area contributed by atoms with Crippen LogP contribution in [0.2, 0.25) is 0 Å². The molecule has 1 aromatic rings. The normalized spacial score (nSPS) is 10.4. The van der Waals surface area contributed by atoms with Gasteiger partial charge in [0.15, 0.2) is 0 Å². The highest BCUT2D eigenvalue weighted by Crippen LogP contribution is 2.24. The largest absolute Gasteiger partial charge is 0.494 e. The summed E-state index contributed by atoms with van der Waals surface area (Å²) in [4.78, 5) is 0. The Morgan fingerprint density at radius 2 is 2.00 bits per heavy atom. The Morgan fingerprint density at radius 1 is 1.19 bits per heavy atom. The van der Waals surface area contributed by atoms with Crippen molar-refractivity contribution >= 4 is 31.9 Å². The van der Waals surface area contributed by atoms with Crippen LogP contribution < -0.4 is 4.74 Å². The summed E-state index contributed by atoms with van der Waals surface area (Å²) in [5, 5.41) is 0.848. The molecule has 0 N–H and O–H groups in total. The van der Waals surface area contributed by atoms with Gasteiger partial charge in [0.05, 0.1) is 6.61 Å². The maximum Gasteiger partial charge on any atom is 0.119 e. The maximum atomic E-state index is 5.71. The molecule has 0 saturated carbocycles. The van der Waals surface area contributed by atoms with Crippen molar-refractivity contribution in [3.05, 3.63) is 28.2 Å².